The summed E-state index contributed by atoms with van der Waals surface area (Å²) in [6.07, 6.45) is 4.03. The van der Waals surface area contributed by atoms with Gasteiger partial charge in [0.2, 0.25) is 0 Å². The van der Waals surface area contributed by atoms with E-state index in [1.54, 1.807) is 0 Å². The van der Waals surface area contributed by atoms with Gasteiger partial charge in [-0.15, -0.1) is 0 Å². The fourth-order valence-electron chi connectivity index (χ4n) is 2.07. The largest absolute Gasteiger partial charge is 0.490 e. The van der Waals surface area contributed by atoms with E-state index < -0.39 is 0 Å². The van der Waals surface area contributed by atoms with Gasteiger partial charge in [0.05, 0.1) is 0 Å². The van der Waals surface area contributed by atoms with Gasteiger partial charge in [0.15, 0.2) is 0 Å². The summed E-state index contributed by atoms with van der Waals surface area (Å²) in [6.45, 7) is 1.03. The Labute approximate surface area is 138 Å². The average Bonchev–Trinajstić information content (AvgIpc) is 3.08. The molecule has 0 radical (unpaired) electrons. The summed E-state index contributed by atoms with van der Waals surface area (Å²) >= 11 is 3.40. The van der Waals surface area contributed by atoms with Gasteiger partial charge in [0.25, 0.3) is 0 Å². The molecular formula is C18H16BrNO2. The minimum Gasteiger partial charge on any atom is -0.490 e. The molecule has 0 atom stereocenters. The number of hydrogen-bond acceptors (Lipinski definition) is 2. The molecule has 0 aliphatic rings. The molecule has 1 aromatic heterocycles. The minimum atomic E-state index is 0.513. The Bertz CT molecular complexity index is 691. The van der Waals surface area contributed by atoms with Crippen molar-refractivity contribution >= 4 is 15.9 Å². The number of benzene rings is 2. The monoisotopic (exact) mass is 357 g/mol. The van der Waals surface area contributed by atoms with Gasteiger partial charge in [-0.1, -0.05) is 15.9 Å². The first-order valence-corrected chi connectivity index (χ1v) is 7.85. The van der Waals surface area contributed by atoms with Crippen LogP contribution in [0.5, 0.6) is 11.5 Å². The quantitative estimate of drug-likeness (QED) is 0.597. The maximum absolute atomic E-state index is 5.68. The number of halogens is 1. The van der Waals surface area contributed by atoms with Gasteiger partial charge in [0.1, 0.15) is 24.7 Å². The first-order chi connectivity index (χ1) is 10.8. The molecule has 1 heterocycles. The molecule has 0 amide bonds. The molecule has 3 rings (SSSR count). The van der Waals surface area contributed by atoms with E-state index in [1.165, 1.54) is 0 Å². The summed E-state index contributed by atoms with van der Waals surface area (Å²) in [6, 6.07) is 19.8. The zero-order valence-electron chi connectivity index (χ0n) is 12.0. The van der Waals surface area contributed by atoms with E-state index in [2.05, 4.69) is 20.5 Å². The van der Waals surface area contributed by atoms with Crippen molar-refractivity contribution < 1.29 is 9.47 Å². The third-order valence-electron chi connectivity index (χ3n) is 3.17. The van der Waals surface area contributed by atoms with Gasteiger partial charge in [-0.05, 0) is 60.7 Å². The highest BCUT2D eigenvalue weighted by molar-refractivity contribution is 9.10. The highest BCUT2D eigenvalue weighted by Gasteiger charge is 1.98. The van der Waals surface area contributed by atoms with Crippen LogP contribution >= 0.6 is 15.9 Å². The molecule has 0 aliphatic heterocycles. The number of nitrogens with zero attached hydrogens (tertiary/aromatic N) is 1. The number of hydrogen-bond donors (Lipinski definition) is 0. The second-order valence-electron chi connectivity index (χ2n) is 4.74. The van der Waals surface area contributed by atoms with Crippen LogP contribution in [-0.2, 0) is 0 Å². The van der Waals surface area contributed by atoms with E-state index in [9.17, 15) is 0 Å². The van der Waals surface area contributed by atoms with Crippen molar-refractivity contribution in [2.75, 3.05) is 13.2 Å². The number of rotatable bonds is 6. The highest BCUT2D eigenvalue weighted by atomic mass is 79.9. The van der Waals surface area contributed by atoms with E-state index >= 15 is 0 Å². The Morgan fingerprint density at radius 2 is 1.23 bits per heavy atom. The van der Waals surface area contributed by atoms with Crippen LogP contribution < -0.4 is 9.47 Å². The lowest BCUT2D eigenvalue weighted by molar-refractivity contribution is 0.217. The van der Waals surface area contributed by atoms with Gasteiger partial charge in [-0.3, -0.25) is 0 Å². The fourth-order valence-corrected chi connectivity index (χ4v) is 2.34. The van der Waals surface area contributed by atoms with Crippen LogP contribution in [0.3, 0.4) is 0 Å². The smallest absolute Gasteiger partial charge is 0.122 e. The van der Waals surface area contributed by atoms with Crippen molar-refractivity contribution in [3.63, 3.8) is 0 Å². The SMILES string of the molecule is Brc1ccc(OCCOc2ccc(-n3cccc3)cc2)cc1. The molecule has 0 spiro atoms. The second kappa shape index (κ2) is 7.18. The molecule has 3 nitrogen and oxygen atoms in total. The summed E-state index contributed by atoms with van der Waals surface area (Å²) in [5, 5.41) is 0. The minimum absolute atomic E-state index is 0.513. The molecule has 0 fully saturated rings. The molecule has 4 heteroatoms. The molecule has 0 N–H and O–H groups in total. The first kappa shape index (κ1) is 14.7. The summed E-state index contributed by atoms with van der Waals surface area (Å²) in [7, 11) is 0. The zero-order chi connectivity index (χ0) is 15.2. The molecule has 3 aromatic rings. The third-order valence-corrected chi connectivity index (χ3v) is 3.70. The molecule has 0 saturated carbocycles. The van der Waals surface area contributed by atoms with E-state index in [4.69, 9.17) is 9.47 Å². The van der Waals surface area contributed by atoms with Crippen LogP contribution in [0.25, 0.3) is 5.69 Å². The Balaban J connectivity index is 1.46. The van der Waals surface area contributed by atoms with Gasteiger partial charge in [-0.2, -0.15) is 0 Å². The number of aromatic nitrogens is 1. The van der Waals surface area contributed by atoms with Gasteiger partial charge in [-0.25, -0.2) is 0 Å². The Kier molecular flexibility index (Phi) is 4.81. The maximum atomic E-state index is 5.68. The van der Waals surface area contributed by atoms with Crippen molar-refractivity contribution in [3.05, 3.63) is 77.5 Å². The molecular weight excluding hydrogens is 342 g/mol. The van der Waals surface area contributed by atoms with Crippen LogP contribution in [0.1, 0.15) is 0 Å². The van der Waals surface area contributed by atoms with Crippen LogP contribution in [-0.4, -0.2) is 17.8 Å². The van der Waals surface area contributed by atoms with Crippen molar-refractivity contribution in [3.8, 4) is 17.2 Å². The zero-order valence-corrected chi connectivity index (χ0v) is 13.6. The van der Waals surface area contributed by atoms with Crippen LogP contribution in [0.4, 0.5) is 0 Å². The van der Waals surface area contributed by atoms with E-state index in [0.717, 1.165) is 21.7 Å². The molecule has 0 aliphatic carbocycles. The van der Waals surface area contributed by atoms with Crippen molar-refractivity contribution in [1.82, 2.24) is 4.57 Å². The summed E-state index contributed by atoms with van der Waals surface area (Å²) in [4.78, 5) is 0. The lowest BCUT2D eigenvalue weighted by Crippen LogP contribution is -2.08. The third kappa shape index (κ3) is 3.92. The predicted molar refractivity (Wildman–Crippen MR) is 90.9 cm³/mol. The summed E-state index contributed by atoms with van der Waals surface area (Å²) < 4.78 is 14.4. The standard InChI is InChI=1S/C18H16BrNO2/c19-15-3-7-17(8-4-15)21-13-14-22-18-9-5-16(6-10-18)20-11-1-2-12-20/h1-12H,13-14H2. The molecule has 22 heavy (non-hydrogen) atoms. The van der Waals surface area contributed by atoms with E-state index in [-0.39, 0.29) is 0 Å². The maximum Gasteiger partial charge on any atom is 0.122 e. The van der Waals surface area contributed by atoms with Crippen molar-refractivity contribution in [2.45, 2.75) is 0 Å². The van der Waals surface area contributed by atoms with Gasteiger partial charge >= 0.3 is 0 Å². The van der Waals surface area contributed by atoms with Crippen LogP contribution in [0.2, 0.25) is 0 Å². The molecule has 0 bridgehead atoms. The van der Waals surface area contributed by atoms with Crippen LogP contribution in [0.15, 0.2) is 77.5 Å². The van der Waals surface area contributed by atoms with Crippen LogP contribution in [0, 0.1) is 0 Å². The molecule has 0 saturated heterocycles. The Morgan fingerprint density at radius 3 is 1.77 bits per heavy atom. The lowest BCUT2D eigenvalue weighted by Gasteiger charge is -2.09. The molecule has 2 aromatic carbocycles. The predicted octanol–water partition coefficient (Wildman–Crippen LogP) is 4.70. The Morgan fingerprint density at radius 1 is 0.727 bits per heavy atom. The second-order valence-corrected chi connectivity index (χ2v) is 5.65. The summed E-state index contributed by atoms with van der Waals surface area (Å²) in [5.41, 5.74) is 1.11. The Hall–Kier alpha value is -2.20. The van der Waals surface area contributed by atoms with E-state index in [0.29, 0.717) is 13.2 Å². The van der Waals surface area contributed by atoms with E-state index in [1.807, 2.05) is 73.1 Å². The van der Waals surface area contributed by atoms with Crippen molar-refractivity contribution in [2.24, 2.45) is 0 Å². The van der Waals surface area contributed by atoms with Gasteiger partial charge < -0.3 is 14.0 Å². The topological polar surface area (TPSA) is 23.4 Å². The first-order valence-electron chi connectivity index (χ1n) is 7.06. The molecule has 0 unspecified atom stereocenters. The normalized spacial score (nSPS) is 10.4. The highest BCUT2D eigenvalue weighted by Crippen LogP contribution is 2.17. The lowest BCUT2D eigenvalue weighted by atomic mass is 10.3. The number of ether oxygens (including phenoxy) is 2. The average molecular weight is 358 g/mol. The van der Waals surface area contributed by atoms with Gasteiger partial charge in [0, 0.05) is 22.6 Å². The summed E-state index contributed by atoms with van der Waals surface area (Å²) in [5.74, 6) is 1.69. The fraction of sp³-hybridized carbons (Fsp3) is 0.111. The van der Waals surface area contributed by atoms with Crippen molar-refractivity contribution in [1.29, 1.82) is 0 Å². The molecule has 112 valence electrons.